The van der Waals surface area contributed by atoms with Gasteiger partial charge in [-0.1, -0.05) is 54.6 Å². The smallest absolute Gasteiger partial charge is 0.265 e. The third-order valence-corrected chi connectivity index (χ3v) is 4.16. The standard InChI is InChI=1S/C23H20N2O2/c1-18-8-7-12-21(14-18)25(16-19-9-3-2-4-10-19)23(26)17-27-22-13-6-5-11-20(22)15-24/h2-14H,16-17H2,1H3. The lowest BCUT2D eigenvalue weighted by Gasteiger charge is -2.23. The lowest BCUT2D eigenvalue weighted by Crippen LogP contribution is -2.34. The van der Waals surface area contributed by atoms with E-state index in [4.69, 9.17) is 4.74 Å². The normalized spacial score (nSPS) is 10.1. The van der Waals surface area contributed by atoms with Crippen LogP contribution in [0.4, 0.5) is 5.69 Å². The fraction of sp³-hybridized carbons (Fsp3) is 0.130. The summed E-state index contributed by atoms with van der Waals surface area (Å²) in [6, 6.07) is 26.6. The quantitative estimate of drug-likeness (QED) is 0.654. The van der Waals surface area contributed by atoms with Crippen molar-refractivity contribution in [3.8, 4) is 11.8 Å². The molecule has 27 heavy (non-hydrogen) atoms. The lowest BCUT2D eigenvalue weighted by molar-refractivity contribution is -0.120. The zero-order valence-electron chi connectivity index (χ0n) is 15.1. The van der Waals surface area contributed by atoms with Crippen molar-refractivity contribution < 1.29 is 9.53 Å². The first kappa shape index (κ1) is 18.2. The van der Waals surface area contributed by atoms with E-state index in [9.17, 15) is 10.1 Å². The molecule has 0 aliphatic rings. The van der Waals surface area contributed by atoms with Crippen molar-refractivity contribution in [1.29, 1.82) is 5.26 Å². The third-order valence-electron chi connectivity index (χ3n) is 4.16. The van der Waals surface area contributed by atoms with Crippen LogP contribution in [0.25, 0.3) is 0 Å². The predicted octanol–water partition coefficient (Wildman–Crippen LogP) is 4.48. The van der Waals surface area contributed by atoms with Gasteiger partial charge in [0, 0.05) is 5.69 Å². The van der Waals surface area contributed by atoms with E-state index in [2.05, 4.69) is 6.07 Å². The van der Waals surface area contributed by atoms with E-state index in [1.807, 2.05) is 61.5 Å². The molecule has 0 bridgehead atoms. The lowest BCUT2D eigenvalue weighted by atomic mass is 10.1. The van der Waals surface area contributed by atoms with Gasteiger partial charge in [0.25, 0.3) is 5.91 Å². The summed E-state index contributed by atoms with van der Waals surface area (Å²) in [6.45, 7) is 2.31. The minimum Gasteiger partial charge on any atom is -0.482 e. The molecule has 4 nitrogen and oxygen atoms in total. The molecule has 0 heterocycles. The number of ether oxygens (including phenoxy) is 1. The Morgan fingerprint density at radius 1 is 1.00 bits per heavy atom. The van der Waals surface area contributed by atoms with E-state index < -0.39 is 0 Å². The average Bonchev–Trinajstić information content (AvgIpc) is 2.71. The molecule has 0 saturated heterocycles. The largest absolute Gasteiger partial charge is 0.482 e. The number of amides is 1. The Bertz CT molecular complexity index is 961. The summed E-state index contributed by atoms with van der Waals surface area (Å²) in [4.78, 5) is 14.7. The van der Waals surface area contributed by atoms with Gasteiger partial charge in [0.1, 0.15) is 11.8 Å². The van der Waals surface area contributed by atoms with Crippen molar-refractivity contribution in [2.45, 2.75) is 13.5 Å². The van der Waals surface area contributed by atoms with Gasteiger partial charge in [0.2, 0.25) is 0 Å². The number of nitrogens with zero attached hydrogens (tertiary/aromatic N) is 2. The van der Waals surface area contributed by atoms with Crippen molar-refractivity contribution in [3.05, 3.63) is 95.6 Å². The second kappa shape index (κ2) is 8.68. The van der Waals surface area contributed by atoms with E-state index in [1.54, 1.807) is 29.2 Å². The molecular weight excluding hydrogens is 336 g/mol. The van der Waals surface area contributed by atoms with E-state index in [0.717, 1.165) is 16.8 Å². The molecule has 0 aliphatic heterocycles. The number of carbonyl (C=O) groups excluding carboxylic acids is 1. The van der Waals surface area contributed by atoms with Gasteiger partial charge in [-0.2, -0.15) is 5.26 Å². The molecular formula is C23H20N2O2. The molecule has 134 valence electrons. The maximum absolute atomic E-state index is 13.0. The second-order valence-corrected chi connectivity index (χ2v) is 6.20. The Morgan fingerprint density at radius 3 is 2.48 bits per heavy atom. The van der Waals surface area contributed by atoms with Crippen molar-refractivity contribution in [2.24, 2.45) is 0 Å². The van der Waals surface area contributed by atoms with Crippen molar-refractivity contribution in [3.63, 3.8) is 0 Å². The van der Waals surface area contributed by atoms with Crippen LogP contribution in [0.2, 0.25) is 0 Å². The van der Waals surface area contributed by atoms with Crippen LogP contribution in [-0.4, -0.2) is 12.5 Å². The fourth-order valence-electron chi connectivity index (χ4n) is 2.79. The summed E-state index contributed by atoms with van der Waals surface area (Å²) < 4.78 is 5.65. The zero-order chi connectivity index (χ0) is 19.1. The molecule has 0 saturated carbocycles. The first-order valence-corrected chi connectivity index (χ1v) is 8.70. The van der Waals surface area contributed by atoms with Gasteiger partial charge in [-0.05, 0) is 42.3 Å². The highest BCUT2D eigenvalue weighted by Crippen LogP contribution is 2.21. The third kappa shape index (κ3) is 4.74. The molecule has 1 amide bonds. The maximum atomic E-state index is 13.0. The highest BCUT2D eigenvalue weighted by atomic mass is 16.5. The van der Waals surface area contributed by atoms with Crippen LogP contribution in [-0.2, 0) is 11.3 Å². The molecule has 0 radical (unpaired) electrons. The number of benzene rings is 3. The summed E-state index contributed by atoms with van der Waals surface area (Å²) in [5, 5.41) is 9.17. The molecule has 0 aromatic heterocycles. The van der Waals surface area contributed by atoms with Gasteiger partial charge >= 0.3 is 0 Å². The Hall–Kier alpha value is -3.58. The monoisotopic (exact) mass is 356 g/mol. The first-order chi connectivity index (χ1) is 13.2. The molecule has 0 N–H and O–H groups in total. The minimum absolute atomic E-state index is 0.139. The number of carbonyl (C=O) groups is 1. The molecule has 3 aromatic carbocycles. The van der Waals surface area contributed by atoms with Gasteiger partial charge in [-0.25, -0.2) is 0 Å². The predicted molar refractivity (Wildman–Crippen MR) is 105 cm³/mol. The Balaban J connectivity index is 1.81. The number of hydrogen-bond donors (Lipinski definition) is 0. The summed E-state index contributed by atoms with van der Waals surface area (Å²) >= 11 is 0. The molecule has 0 spiro atoms. The number of hydrogen-bond acceptors (Lipinski definition) is 3. The number of aryl methyl sites for hydroxylation is 1. The second-order valence-electron chi connectivity index (χ2n) is 6.20. The number of anilines is 1. The van der Waals surface area contributed by atoms with E-state index >= 15 is 0 Å². The van der Waals surface area contributed by atoms with Crippen molar-refractivity contribution in [1.82, 2.24) is 0 Å². The molecule has 3 aromatic rings. The molecule has 0 aliphatic carbocycles. The Morgan fingerprint density at radius 2 is 1.74 bits per heavy atom. The van der Waals surface area contributed by atoms with Crippen molar-refractivity contribution >= 4 is 11.6 Å². The average molecular weight is 356 g/mol. The van der Waals surface area contributed by atoms with Crippen LogP contribution >= 0.6 is 0 Å². The fourth-order valence-corrected chi connectivity index (χ4v) is 2.79. The zero-order valence-corrected chi connectivity index (χ0v) is 15.1. The van der Waals surface area contributed by atoms with Crippen LogP contribution in [0.1, 0.15) is 16.7 Å². The van der Waals surface area contributed by atoms with Crippen LogP contribution in [0.15, 0.2) is 78.9 Å². The summed E-state index contributed by atoms with van der Waals surface area (Å²) in [6.07, 6.45) is 0. The van der Waals surface area contributed by atoms with Gasteiger partial charge in [0.15, 0.2) is 6.61 Å². The highest BCUT2D eigenvalue weighted by Gasteiger charge is 2.18. The molecule has 0 fully saturated rings. The number of rotatable bonds is 6. The van der Waals surface area contributed by atoms with E-state index in [-0.39, 0.29) is 12.5 Å². The minimum atomic E-state index is -0.169. The molecule has 0 unspecified atom stereocenters. The first-order valence-electron chi connectivity index (χ1n) is 8.70. The van der Waals surface area contributed by atoms with Gasteiger partial charge < -0.3 is 9.64 Å². The van der Waals surface area contributed by atoms with Crippen LogP contribution < -0.4 is 9.64 Å². The van der Waals surface area contributed by atoms with Crippen LogP contribution in [0.3, 0.4) is 0 Å². The summed E-state index contributed by atoms with van der Waals surface area (Å²) in [7, 11) is 0. The van der Waals surface area contributed by atoms with Crippen molar-refractivity contribution in [2.75, 3.05) is 11.5 Å². The van der Waals surface area contributed by atoms with Crippen LogP contribution in [0, 0.1) is 18.3 Å². The Labute approximate surface area is 159 Å². The molecule has 0 atom stereocenters. The number of para-hydroxylation sites is 1. The Kier molecular flexibility index (Phi) is 5.86. The van der Waals surface area contributed by atoms with Gasteiger partial charge in [0.05, 0.1) is 12.1 Å². The molecule has 4 heteroatoms. The van der Waals surface area contributed by atoms with Crippen LogP contribution in [0.5, 0.6) is 5.75 Å². The van der Waals surface area contributed by atoms with E-state index in [1.165, 1.54) is 0 Å². The SMILES string of the molecule is Cc1cccc(N(Cc2ccccc2)C(=O)COc2ccccc2C#N)c1. The highest BCUT2D eigenvalue weighted by molar-refractivity contribution is 5.94. The van der Waals surface area contributed by atoms with E-state index in [0.29, 0.717) is 17.9 Å². The summed E-state index contributed by atoms with van der Waals surface area (Å²) in [5.41, 5.74) is 3.34. The topological polar surface area (TPSA) is 53.3 Å². The van der Waals surface area contributed by atoms with Gasteiger partial charge in [-0.3, -0.25) is 4.79 Å². The van der Waals surface area contributed by atoms with Gasteiger partial charge in [-0.15, -0.1) is 0 Å². The maximum Gasteiger partial charge on any atom is 0.265 e. The summed E-state index contributed by atoms with van der Waals surface area (Å²) in [5.74, 6) is 0.245. The molecule has 3 rings (SSSR count). The number of nitriles is 1.